The number of H-pyrrole nitrogens is 1. The Balaban J connectivity index is 1.86. The van der Waals surface area contributed by atoms with Crippen LogP contribution in [0.15, 0.2) is 28.7 Å². The lowest BCUT2D eigenvalue weighted by atomic mass is 10.1. The van der Waals surface area contributed by atoms with Crippen LogP contribution in [0.3, 0.4) is 0 Å². The van der Waals surface area contributed by atoms with E-state index in [2.05, 4.69) is 20.9 Å². The number of carbonyl (C=O) groups excluding carboxylic acids is 1. The molecule has 0 bridgehead atoms. The Hall–Kier alpha value is -1.82. The number of amides is 1. The van der Waals surface area contributed by atoms with E-state index in [0.717, 1.165) is 28.2 Å². The molecule has 1 atom stereocenters. The maximum Gasteiger partial charge on any atom is 0.308 e. The minimum Gasteiger partial charge on any atom is -0.481 e. The predicted molar refractivity (Wildman–Crippen MR) is 86.9 cm³/mol. The summed E-state index contributed by atoms with van der Waals surface area (Å²) >= 11 is 3.42. The molecule has 1 unspecified atom stereocenters. The smallest absolute Gasteiger partial charge is 0.308 e. The van der Waals surface area contributed by atoms with E-state index in [1.54, 1.807) is 11.8 Å². The summed E-state index contributed by atoms with van der Waals surface area (Å²) < 4.78 is 0.955. The zero-order valence-corrected chi connectivity index (χ0v) is 13.8. The zero-order valence-electron chi connectivity index (χ0n) is 12.2. The van der Waals surface area contributed by atoms with Gasteiger partial charge in [-0.25, -0.2) is 0 Å². The fraction of sp³-hybridized carbons (Fsp3) is 0.375. The zero-order chi connectivity index (χ0) is 15.9. The second-order valence-electron chi connectivity index (χ2n) is 5.84. The Morgan fingerprint density at radius 3 is 2.77 bits per heavy atom. The third-order valence-electron chi connectivity index (χ3n) is 3.95. The number of rotatable bonds is 5. The van der Waals surface area contributed by atoms with Gasteiger partial charge in [0.2, 0.25) is 0 Å². The Labute approximate surface area is 136 Å². The fourth-order valence-corrected chi connectivity index (χ4v) is 2.91. The van der Waals surface area contributed by atoms with Crippen molar-refractivity contribution in [3.05, 3.63) is 34.4 Å². The van der Waals surface area contributed by atoms with Crippen molar-refractivity contribution >= 4 is 38.7 Å². The number of hydrogen-bond donors (Lipinski definition) is 2. The van der Waals surface area contributed by atoms with Gasteiger partial charge in [-0.3, -0.25) is 9.59 Å². The Morgan fingerprint density at radius 2 is 2.14 bits per heavy atom. The van der Waals surface area contributed by atoms with Crippen LogP contribution >= 0.6 is 15.9 Å². The third kappa shape index (κ3) is 3.02. The van der Waals surface area contributed by atoms with E-state index in [1.165, 1.54) is 0 Å². The summed E-state index contributed by atoms with van der Waals surface area (Å²) in [6.07, 6.45) is 1.90. The van der Waals surface area contributed by atoms with E-state index in [0.29, 0.717) is 5.69 Å². The highest BCUT2D eigenvalue weighted by Crippen LogP contribution is 2.30. The summed E-state index contributed by atoms with van der Waals surface area (Å²) in [5.74, 6) is -1.56. The fourth-order valence-electron chi connectivity index (χ4n) is 2.53. The van der Waals surface area contributed by atoms with Crippen molar-refractivity contribution in [1.29, 1.82) is 0 Å². The molecule has 2 N–H and O–H groups in total. The first kappa shape index (κ1) is 15.1. The number of carboxylic acids is 1. The first-order chi connectivity index (χ1) is 10.5. The van der Waals surface area contributed by atoms with E-state index in [1.807, 2.05) is 24.3 Å². The second kappa shape index (κ2) is 5.76. The molecule has 1 fully saturated rings. The maximum atomic E-state index is 12.7. The average molecular weight is 365 g/mol. The molecular weight excluding hydrogens is 348 g/mol. The van der Waals surface area contributed by atoms with E-state index in [4.69, 9.17) is 5.11 Å². The molecule has 2 aromatic rings. The minimum absolute atomic E-state index is 0.122. The number of nitrogens with one attached hydrogen (secondary N) is 1. The number of benzene rings is 1. The monoisotopic (exact) mass is 364 g/mol. The highest BCUT2D eigenvalue weighted by atomic mass is 79.9. The largest absolute Gasteiger partial charge is 0.481 e. The number of aromatic amines is 1. The Kier molecular flexibility index (Phi) is 3.95. The van der Waals surface area contributed by atoms with E-state index < -0.39 is 11.9 Å². The molecule has 22 heavy (non-hydrogen) atoms. The normalized spacial score (nSPS) is 15.7. The Morgan fingerprint density at radius 1 is 1.41 bits per heavy atom. The highest BCUT2D eigenvalue weighted by Gasteiger charge is 2.35. The summed E-state index contributed by atoms with van der Waals surface area (Å²) in [6.45, 7) is 1.88. The molecule has 1 amide bonds. The van der Waals surface area contributed by atoms with Crippen LogP contribution in [0.2, 0.25) is 0 Å². The highest BCUT2D eigenvalue weighted by molar-refractivity contribution is 9.10. The first-order valence-corrected chi connectivity index (χ1v) is 8.07. The molecule has 1 aromatic carbocycles. The molecule has 1 heterocycles. The minimum atomic E-state index is -0.876. The maximum absolute atomic E-state index is 12.7. The van der Waals surface area contributed by atoms with Crippen LogP contribution in [0.25, 0.3) is 10.9 Å². The van der Waals surface area contributed by atoms with E-state index in [9.17, 15) is 9.59 Å². The van der Waals surface area contributed by atoms with Crippen molar-refractivity contribution in [1.82, 2.24) is 9.88 Å². The molecule has 0 spiro atoms. The molecule has 6 heteroatoms. The van der Waals surface area contributed by atoms with Gasteiger partial charge in [-0.1, -0.05) is 22.9 Å². The van der Waals surface area contributed by atoms with Gasteiger partial charge in [0.25, 0.3) is 5.91 Å². The summed E-state index contributed by atoms with van der Waals surface area (Å²) in [5, 5.41) is 10.0. The van der Waals surface area contributed by atoms with Crippen molar-refractivity contribution in [3.8, 4) is 0 Å². The topological polar surface area (TPSA) is 73.4 Å². The lowest BCUT2D eigenvalue weighted by Crippen LogP contribution is -2.38. The number of nitrogens with zero attached hydrogens (tertiary/aromatic N) is 1. The molecule has 0 radical (unpaired) electrons. The quantitative estimate of drug-likeness (QED) is 0.854. The number of carboxylic acid groups (broad SMARTS) is 1. The SMILES string of the molecule is CC(CN(C(=O)c1cc2cc(Br)ccc2[nH]1)C1CC1)C(=O)O. The lowest BCUT2D eigenvalue weighted by molar-refractivity contribution is -0.141. The number of aliphatic carboxylic acids is 1. The van der Waals surface area contributed by atoms with Crippen LogP contribution in [0.1, 0.15) is 30.3 Å². The molecule has 1 aromatic heterocycles. The van der Waals surface area contributed by atoms with Gasteiger partial charge in [-0.2, -0.15) is 0 Å². The number of aromatic nitrogens is 1. The van der Waals surface area contributed by atoms with Crippen molar-refractivity contribution < 1.29 is 14.7 Å². The number of carbonyl (C=O) groups is 2. The van der Waals surface area contributed by atoms with Gasteiger partial charge in [-0.05, 0) is 37.1 Å². The van der Waals surface area contributed by atoms with Crippen LogP contribution in [-0.2, 0) is 4.79 Å². The van der Waals surface area contributed by atoms with Gasteiger partial charge >= 0.3 is 5.97 Å². The van der Waals surface area contributed by atoms with Gasteiger partial charge in [0.15, 0.2) is 0 Å². The summed E-state index contributed by atoms with van der Waals surface area (Å²) in [7, 11) is 0. The van der Waals surface area contributed by atoms with Gasteiger partial charge in [0.05, 0.1) is 5.92 Å². The van der Waals surface area contributed by atoms with Gasteiger partial charge in [0, 0.05) is 28.0 Å². The number of halogens is 1. The van der Waals surface area contributed by atoms with Crippen LogP contribution in [0, 0.1) is 5.92 Å². The van der Waals surface area contributed by atoms with Crippen molar-refractivity contribution in [2.75, 3.05) is 6.54 Å². The first-order valence-electron chi connectivity index (χ1n) is 7.28. The molecule has 5 nitrogen and oxygen atoms in total. The van der Waals surface area contributed by atoms with Crippen molar-refractivity contribution in [2.24, 2.45) is 5.92 Å². The van der Waals surface area contributed by atoms with Gasteiger partial charge < -0.3 is 15.0 Å². The van der Waals surface area contributed by atoms with Crippen LogP contribution in [0.5, 0.6) is 0 Å². The third-order valence-corrected chi connectivity index (χ3v) is 4.45. The standard InChI is InChI=1S/C16H17BrN2O3/c1-9(16(21)22)8-19(12-3-4-12)15(20)14-7-10-6-11(17)2-5-13(10)18-14/h2,5-7,9,12,18H,3-4,8H2,1H3,(H,21,22). The van der Waals surface area contributed by atoms with Crippen LogP contribution in [0.4, 0.5) is 0 Å². The molecule has 0 saturated heterocycles. The second-order valence-corrected chi connectivity index (χ2v) is 6.76. The van der Waals surface area contributed by atoms with E-state index >= 15 is 0 Å². The summed E-state index contributed by atoms with van der Waals surface area (Å²) in [5.41, 5.74) is 1.41. The van der Waals surface area contributed by atoms with Gasteiger partial charge in [0.1, 0.15) is 5.69 Å². The molecule has 3 rings (SSSR count). The van der Waals surface area contributed by atoms with Gasteiger partial charge in [-0.15, -0.1) is 0 Å². The average Bonchev–Trinajstić information content (AvgIpc) is 3.22. The molecule has 1 aliphatic rings. The summed E-state index contributed by atoms with van der Waals surface area (Å²) in [6, 6.07) is 7.77. The van der Waals surface area contributed by atoms with Crippen molar-refractivity contribution in [2.45, 2.75) is 25.8 Å². The lowest BCUT2D eigenvalue weighted by Gasteiger charge is -2.23. The number of hydrogen-bond acceptors (Lipinski definition) is 2. The number of fused-ring (bicyclic) bond motifs is 1. The molecular formula is C16H17BrN2O3. The Bertz CT molecular complexity index is 736. The molecule has 116 valence electrons. The summed E-state index contributed by atoms with van der Waals surface area (Å²) in [4.78, 5) is 28.6. The van der Waals surface area contributed by atoms with E-state index in [-0.39, 0.29) is 18.5 Å². The molecule has 1 aliphatic carbocycles. The predicted octanol–water partition coefficient (Wildman–Crippen LogP) is 3.26. The van der Waals surface area contributed by atoms with Crippen molar-refractivity contribution in [3.63, 3.8) is 0 Å². The van der Waals surface area contributed by atoms with Crippen LogP contribution < -0.4 is 0 Å². The molecule has 1 saturated carbocycles. The molecule has 0 aliphatic heterocycles. The van der Waals surface area contributed by atoms with Crippen LogP contribution in [-0.4, -0.2) is 39.5 Å².